The summed E-state index contributed by atoms with van der Waals surface area (Å²) in [5.74, 6) is 2.11. The Bertz CT molecular complexity index is 1070. The minimum Gasteiger partial charge on any atom is -0.497 e. The van der Waals surface area contributed by atoms with Crippen LogP contribution < -0.4 is 9.47 Å². The van der Waals surface area contributed by atoms with E-state index in [0.717, 1.165) is 44.9 Å². The summed E-state index contributed by atoms with van der Waals surface area (Å²) in [4.78, 5) is 12.0. The minimum absolute atomic E-state index is 0.533. The quantitative estimate of drug-likeness (QED) is 0.563. The Kier molecular flexibility index (Phi) is 4.05. The van der Waals surface area contributed by atoms with E-state index in [1.807, 2.05) is 56.3 Å². The Morgan fingerprint density at radius 3 is 2.46 bits per heavy atom. The summed E-state index contributed by atoms with van der Waals surface area (Å²) in [5, 5.41) is 0.837. The third-order valence-electron chi connectivity index (χ3n) is 4.18. The van der Waals surface area contributed by atoms with Crippen LogP contribution in [0.4, 0.5) is 0 Å². The highest BCUT2D eigenvalue weighted by atomic mass is 16.5. The predicted octanol–water partition coefficient (Wildman–Crippen LogP) is 5.04. The largest absolute Gasteiger partial charge is 0.497 e. The average Bonchev–Trinajstić information content (AvgIpc) is 3.06. The molecule has 0 bridgehead atoms. The van der Waals surface area contributed by atoms with Gasteiger partial charge in [0.25, 0.3) is 0 Å². The smallest absolute Gasteiger partial charge is 0.231 e. The van der Waals surface area contributed by atoms with Crippen LogP contribution in [0.2, 0.25) is 0 Å². The maximum absolute atomic E-state index is 6.05. The van der Waals surface area contributed by atoms with Crippen molar-refractivity contribution in [3.8, 4) is 28.6 Å². The maximum Gasteiger partial charge on any atom is 0.231 e. The number of aromatic amines is 1. The fraction of sp³-hybridized carbons (Fsp3) is 0.143. The van der Waals surface area contributed by atoms with Gasteiger partial charge >= 0.3 is 0 Å². The van der Waals surface area contributed by atoms with Gasteiger partial charge in [-0.25, -0.2) is 9.97 Å². The van der Waals surface area contributed by atoms with Crippen molar-refractivity contribution >= 4 is 11.0 Å². The van der Waals surface area contributed by atoms with E-state index in [0.29, 0.717) is 5.88 Å². The second-order valence-electron chi connectivity index (χ2n) is 6.28. The summed E-state index contributed by atoms with van der Waals surface area (Å²) in [6, 6.07) is 16.0. The molecule has 5 nitrogen and oxygen atoms in total. The number of rotatable bonds is 4. The van der Waals surface area contributed by atoms with Crippen LogP contribution >= 0.6 is 0 Å². The van der Waals surface area contributed by atoms with Gasteiger partial charge in [-0.15, -0.1) is 0 Å². The van der Waals surface area contributed by atoms with Crippen LogP contribution in [0.15, 0.2) is 54.9 Å². The lowest BCUT2D eigenvalue weighted by Crippen LogP contribution is -1.91. The molecule has 0 spiro atoms. The van der Waals surface area contributed by atoms with Gasteiger partial charge in [-0.05, 0) is 55.3 Å². The topological polar surface area (TPSA) is 60.0 Å². The highest BCUT2D eigenvalue weighted by Crippen LogP contribution is 2.32. The Hall–Kier alpha value is -3.34. The molecule has 130 valence electrons. The summed E-state index contributed by atoms with van der Waals surface area (Å²) >= 11 is 0. The van der Waals surface area contributed by atoms with Gasteiger partial charge in [0.15, 0.2) is 0 Å². The molecule has 1 N–H and O–H groups in total. The predicted molar refractivity (Wildman–Crippen MR) is 102 cm³/mol. The van der Waals surface area contributed by atoms with Gasteiger partial charge < -0.3 is 14.5 Å². The summed E-state index contributed by atoms with van der Waals surface area (Å²) in [5.41, 5.74) is 4.98. The van der Waals surface area contributed by atoms with Gasteiger partial charge in [0, 0.05) is 11.3 Å². The highest BCUT2D eigenvalue weighted by Gasteiger charge is 2.12. The van der Waals surface area contributed by atoms with Crippen LogP contribution in [0.25, 0.3) is 22.3 Å². The van der Waals surface area contributed by atoms with E-state index >= 15 is 0 Å². The van der Waals surface area contributed by atoms with E-state index in [2.05, 4.69) is 21.0 Å². The van der Waals surface area contributed by atoms with Crippen LogP contribution in [0.5, 0.6) is 17.4 Å². The molecular formula is C21H19N3O2. The first-order valence-electron chi connectivity index (χ1n) is 8.37. The summed E-state index contributed by atoms with van der Waals surface area (Å²) < 4.78 is 11.4. The van der Waals surface area contributed by atoms with Gasteiger partial charge in [0.2, 0.25) is 5.88 Å². The molecule has 2 aromatic heterocycles. The number of methoxy groups -OCH3 is 1. The number of fused-ring (bicyclic) bond motifs is 1. The first kappa shape index (κ1) is 16.1. The number of aryl methyl sites for hydroxylation is 2. The Balaban J connectivity index is 1.76. The monoisotopic (exact) mass is 345 g/mol. The standard InChI is InChI=1S/C21H19N3O2/c1-13-7-14(2)9-17(8-13)26-21-18-11-19(24-20(18)22-12-23-21)15-5-4-6-16(10-15)25-3/h4-12H,1-3H3,(H,22,23,24). The molecule has 0 radical (unpaired) electrons. The third-order valence-corrected chi connectivity index (χ3v) is 4.18. The van der Waals surface area contributed by atoms with Crippen LogP contribution in [0, 0.1) is 13.8 Å². The third kappa shape index (κ3) is 3.11. The molecule has 0 saturated carbocycles. The second-order valence-corrected chi connectivity index (χ2v) is 6.28. The molecule has 0 aliphatic carbocycles. The van der Waals surface area contributed by atoms with Gasteiger partial charge in [0.05, 0.1) is 12.5 Å². The van der Waals surface area contributed by atoms with Gasteiger partial charge in [-0.3, -0.25) is 0 Å². The molecule has 26 heavy (non-hydrogen) atoms. The Morgan fingerprint density at radius 2 is 1.69 bits per heavy atom. The molecular weight excluding hydrogens is 326 g/mol. The second kappa shape index (κ2) is 6.52. The van der Waals surface area contributed by atoms with Crippen molar-refractivity contribution in [2.45, 2.75) is 13.8 Å². The van der Waals surface area contributed by atoms with E-state index in [-0.39, 0.29) is 0 Å². The van der Waals surface area contributed by atoms with E-state index < -0.39 is 0 Å². The molecule has 0 amide bonds. The zero-order valence-electron chi connectivity index (χ0n) is 14.9. The van der Waals surface area contributed by atoms with Crippen LogP contribution in [0.3, 0.4) is 0 Å². The molecule has 4 rings (SSSR count). The molecule has 2 aromatic carbocycles. The van der Waals surface area contributed by atoms with Crippen molar-refractivity contribution in [2.24, 2.45) is 0 Å². The van der Waals surface area contributed by atoms with E-state index in [1.165, 1.54) is 6.33 Å². The molecule has 5 heteroatoms. The lowest BCUT2D eigenvalue weighted by molar-refractivity contribution is 0.415. The number of aromatic nitrogens is 3. The lowest BCUT2D eigenvalue weighted by atomic mass is 10.1. The van der Waals surface area contributed by atoms with E-state index in [9.17, 15) is 0 Å². The molecule has 0 aliphatic heterocycles. The number of nitrogens with one attached hydrogen (secondary N) is 1. The van der Waals surface area contributed by atoms with Crippen LogP contribution in [-0.4, -0.2) is 22.1 Å². The summed E-state index contributed by atoms with van der Waals surface area (Å²) in [6.45, 7) is 4.10. The fourth-order valence-electron chi connectivity index (χ4n) is 3.05. The number of benzene rings is 2. The summed E-state index contributed by atoms with van der Waals surface area (Å²) in [6.07, 6.45) is 1.51. The zero-order chi connectivity index (χ0) is 18.1. The maximum atomic E-state index is 6.05. The fourth-order valence-corrected chi connectivity index (χ4v) is 3.05. The Labute approximate surface area is 151 Å². The normalized spacial score (nSPS) is 10.9. The van der Waals surface area contributed by atoms with Gasteiger partial charge in [-0.1, -0.05) is 18.2 Å². The molecule has 0 atom stereocenters. The SMILES string of the molecule is COc1cccc(-c2cc3c(Oc4cc(C)cc(C)c4)ncnc3[nH]2)c1. The van der Waals surface area contributed by atoms with Gasteiger partial charge in [0.1, 0.15) is 23.5 Å². The highest BCUT2D eigenvalue weighted by molar-refractivity contribution is 5.87. The minimum atomic E-state index is 0.533. The number of ether oxygens (including phenoxy) is 2. The van der Waals surface area contributed by atoms with Gasteiger partial charge in [-0.2, -0.15) is 0 Å². The number of hydrogen-bond acceptors (Lipinski definition) is 4. The first-order valence-corrected chi connectivity index (χ1v) is 8.37. The van der Waals surface area contributed by atoms with E-state index in [1.54, 1.807) is 7.11 Å². The van der Waals surface area contributed by atoms with Crippen LogP contribution in [0.1, 0.15) is 11.1 Å². The number of hydrogen-bond donors (Lipinski definition) is 1. The number of H-pyrrole nitrogens is 1. The van der Waals surface area contributed by atoms with Crippen molar-refractivity contribution in [1.29, 1.82) is 0 Å². The van der Waals surface area contributed by atoms with E-state index in [4.69, 9.17) is 9.47 Å². The molecule has 0 aliphatic rings. The molecule has 0 fully saturated rings. The van der Waals surface area contributed by atoms with Crippen molar-refractivity contribution < 1.29 is 9.47 Å². The van der Waals surface area contributed by atoms with Crippen molar-refractivity contribution in [3.05, 3.63) is 66.0 Å². The Morgan fingerprint density at radius 1 is 0.885 bits per heavy atom. The van der Waals surface area contributed by atoms with Crippen LogP contribution in [-0.2, 0) is 0 Å². The molecule has 4 aromatic rings. The first-order chi connectivity index (χ1) is 12.6. The molecule has 0 unspecified atom stereocenters. The lowest BCUT2D eigenvalue weighted by Gasteiger charge is -2.07. The van der Waals surface area contributed by atoms with Crippen molar-refractivity contribution in [1.82, 2.24) is 15.0 Å². The van der Waals surface area contributed by atoms with Crippen molar-refractivity contribution in [2.75, 3.05) is 7.11 Å². The van der Waals surface area contributed by atoms with Crippen molar-refractivity contribution in [3.63, 3.8) is 0 Å². The summed E-state index contributed by atoms with van der Waals surface area (Å²) in [7, 11) is 1.66. The molecule has 2 heterocycles. The number of nitrogens with zero attached hydrogens (tertiary/aromatic N) is 2. The molecule has 0 saturated heterocycles. The average molecular weight is 345 g/mol. The zero-order valence-corrected chi connectivity index (χ0v) is 14.9.